The fourth-order valence-electron chi connectivity index (χ4n) is 2.51. The van der Waals surface area contributed by atoms with Crippen molar-refractivity contribution in [3.8, 4) is 11.8 Å². The van der Waals surface area contributed by atoms with E-state index < -0.39 is 0 Å². The molecule has 0 aliphatic heterocycles. The van der Waals surface area contributed by atoms with Gasteiger partial charge in [0.25, 0.3) is 0 Å². The van der Waals surface area contributed by atoms with Crippen molar-refractivity contribution in [2.24, 2.45) is 0 Å². The summed E-state index contributed by atoms with van der Waals surface area (Å²) in [6, 6.07) is 7.97. The quantitative estimate of drug-likeness (QED) is 0.857. The van der Waals surface area contributed by atoms with E-state index in [4.69, 9.17) is 14.6 Å². The van der Waals surface area contributed by atoms with Gasteiger partial charge in [-0.2, -0.15) is 0 Å². The number of ether oxygens (including phenoxy) is 2. The Bertz CT molecular complexity index is 455. The van der Waals surface area contributed by atoms with Gasteiger partial charge in [-0.15, -0.1) is 0 Å². The van der Waals surface area contributed by atoms with Gasteiger partial charge in [0.15, 0.2) is 0 Å². The normalized spacial score (nSPS) is 22.1. The first kappa shape index (κ1) is 15.1. The molecule has 2 rings (SSSR count). The van der Waals surface area contributed by atoms with Crippen LogP contribution in [0, 0.1) is 11.8 Å². The molecular formula is C17H22O3. The largest absolute Gasteiger partial charge is 0.384 e. The lowest BCUT2D eigenvalue weighted by molar-refractivity contribution is -0.0363. The van der Waals surface area contributed by atoms with Gasteiger partial charge in [-0.1, -0.05) is 24.0 Å². The number of benzene rings is 1. The third-order valence-corrected chi connectivity index (χ3v) is 3.66. The van der Waals surface area contributed by atoms with Crippen LogP contribution in [0.2, 0.25) is 0 Å². The van der Waals surface area contributed by atoms with Gasteiger partial charge >= 0.3 is 0 Å². The maximum Gasteiger partial charge on any atom is 0.104 e. The number of aliphatic hydroxyl groups excluding tert-OH is 1. The fourth-order valence-corrected chi connectivity index (χ4v) is 2.51. The van der Waals surface area contributed by atoms with Crippen molar-refractivity contribution in [2.45, 2.75) is 44.5 Å². The minimum Gasteiger partial charge on any atom is -0.384 e. The Hall–Kier alpha value is -1.34. The summed E-state index contributed by atoms with van der Waals surface area (Å²) < 4.78 is 11.4. The fraction of sp³-hybridized carbons (Fsp3) is 0.529. The van der Waals surface area contributed by atoms with Crippen molar-refractivity contribution in [1.82, 2.24) is 0 Å². The van der Waals surface area contributed by atoms with Crippen LogP contribution in [0.3, 0.4) is 0 Å². The highest BCUT2D eigenvalue weighted by Crippen LogP contribution is 2.23. The molecule has 3 heteroatoms. The van der Waals surface area contributed by atoms with Crippen molar-refractivity contribution in [2.75, 3.05) is 13.7 Å². The van der Waals surface area contributed by atoms with E-state index in [0.29, 0.717) is 18.8 Å². The van der Waals surface area contributed by atoms with Crippen molar-refractivity contribution < 1.29 is 14.6 Å². The Kier molecular flexibility index (Phi) is 6.07. The van der Waals surface area contributed by atoms with Gasteiger partial charge in [0.2, 0.25) is 0 Å². The zero-order chi connectivity index (χ0) is 14.2. The molecular weight excluding hydrogens is 252 g/mol. The SMILES string of the molecule is COC1CCCC(OCc2ccc(C#CCO)cc2)C1. The van der Waals surface area contributed by atoms with Crippen LogP contribution in [-0.4, -0.2) is 31.0 Å². The number of rotatable bonds is 4. The molecule has 1 aromatic rings. The molecule has 0 saturated heterocycles. The van der Waals surface area contributed by atoms with Crippen LogP contribution in [0.15, 0.2) is 24.3 Å². The molecule has 1 N–H and O–H groups in total. The predicted molar refractivity (Wildman–Crippen MR) is 78.2 cm³/mol. The maximum atomic E-state index is 8.65. The van der Waals surface area contributed by atoms with Crippen LogP contribution in [0.25, 0.3) is 0 Å². The van der Waals surface area contributed by atoms with Gasteiger partial charge in [0, 0.05) is 12.7 Å². The lowest BCUT2D eigenvalue weighted by Crippen LogP contribution is -2.27. The van der Waals surface area contributed by atoms with Crippen molar-refractivity contribution in [3.63, 3.8) is 0 Å². The Morgan fingerprint density at radius 2 is 1.95 bits per heavy atom. The van der Waals surface area contributed by atoms with E-state index in [-0.39, 0.29) is 6.61 Å². The van der Waals surface area contributed by atoms with Crippen LogP contribution in [-0.2, 0) is 16.1 Å². The van der Waals surface area contributed by atoms with E-state index in [2.05, 4.69) is 11.8 Å². The molecule has 0 bridgehead atoms. The van der Waals surface area contributed by atoms with E-state index in [1.54, 1.807) is 7.11 Å². The standard InChI is InChI=1S/C17H22O3/c1-19-16-5-2-6-17(12-16)20-13-15-9-7-14(8-10-15)4-3-11-18/h7-10,16-18H,2,5-6,11-13H2,1H3. The molecule has 0 amide bonds. The zero-order valence-corrected chi connectivity index (χ0v) is 12.0. The highest BCUT2D eigenvalue weighted by molar-refractivity contribution is 5.36. The molecule has 1 fully saturated rings. The summed E-state index contributed by atoms with van der Waals surface area (Å²) in [4.78, 5) is 0. The molecule has 1 aliphatic carbocycles. The average Bonchev–Trinajstić information content (AvgIpc) is 2.52. The summed E-state index contributed by atoms with van der Waals surface area (Å²) in [5.74, 6) is 5.52. The Morgan fingerprint density at radius 3 is 2.65 bits per heavy atom. The highest BCUT2D eigenvalue weighted by atomic mass is 16.5. The molecule has 0 radical (unpaired) electrons. The lowest BCUT2D eigenvalue weighted by atomic mass is 9.95. The topological polar surface area (TPSA) is 38.7 Å². The molecule has 3 nitrogen and oxygen atoms in total. The molecule has 108 valence electrons. The number of hydrogen-bond acceptors (Lipinski definition) is 3. The van der Waals surface area contributed by atoms with Gasteiger partial charge in [0.05, 0.1) is 18.8 Å². The molecule has 0 aromatic heterocycles. The predicted octanol–water partition coefficient (Wildman–Crippen LogP) is 2.50. The molecule has 20 heavy (non-hydrogen) atoms. The molecule has 0 spiro atoms. The molecule has 1 aromatic carbocycles. The van der Waals surface area contributed by atoms with Crippen LogP contribution >= 0.6 is 0 Å². The second-order valence-corrected chi connectivity index (χ2v) is 5.11. The zero-order valence-electron chi connectivity index (χ0n) is 12.0. The Labute approximate surface area is 120 Å². The number of aliphatic hydroxyl groups is 1. The van der Waals surface area contributed by atoms with E-state index >= 15 is 0 Å². The smallest absolute Gasteiger partial charge is 0.104 e. The minimum atomic E-state index is -0.104. The van der Waals surface area contributed by atoms with Crippen molar-refractivity contribution in [1.29, 1.82) is 0 Å². The third kappa shape index (κ3) is 4.64. The monoisotopic (exact) mass is 274 g/mol. The van der Waals surface area contributed by atoms with Gasteiger partial charge in [0.1, 0.15) is 6.61 Å². The van der Waals surface area contributed by atoms with Gasteiger partial charge in [-0.05, 0) is 43.4 Å². The first-order chi connectivity index (χ1) is 9.81. The molecule has 2 unspecified atom stereocenters. The maximum absolute atomic E-state index is 8.65. The second kappa shape index (κ2) is 8.06. The van der Waals surface area contributed by atoms with Crippen LogP contribution < -0.4 is 0 Å². The summed E-state index contributed by atoms with van der Waals surface area (Å²) in [6.07, 6.45) is 5.11. The number of methoxy groups -OCH3 is 1. The van der Waals surface area contributed by atoms with E-state index in [0.717, 1.165) is 30.4 Å². The van der Waals surface area contributed by atoms with Crippen LogP contribution in [0.1, 0.15) is 36.8 Å². The summed E-state index contributed by atoms with van der Waals surface area (Å²) in [5.41, 5.74) is 2.07. The van der Waals surface area contributed by atoms with Gasteiger partial charge < -0.3 is 14.6 Å². The van der Waals surface area contributed by atoms with Gasteiger partial charge in [-0.3, -0.25) is 0 Å². The Balaban J connectivity index is 1.81. The van der Waals surface area contributed by atoms with Crippen LogP contribution in [0.5, 0.6) is 0 Å². The summed E-state index contributed by atoms with van der Waals surface area (Å²) in [5, 5.41) is 8.65. The molecule has 1 saturated carbocycles. The summed E-state index contributed by atoms with van der Waals surface area (Å²) >= 11 is 0. The first-order valence-electron chi connectivity index (χ1n) is 7.15. The van der Waals surface area contributed by atoms with Crippen molar-refractivity contribution in [3.05, 3.63) is 35.4 Å². The second-order valence-electron chi connectivity index (χ2n) is 5.11. The molecule has 2 atom stereocenters. The van der Waals surface area contributed by atoms with Crippen LogP contribution in [0.4, 0.5) is 0 Å². The lowest BCUT2D eigenvalue weighted by Gasteiger charge is -2.28. The molecule has 1 aliphatic rings. The first-order valence-corrected chi connectivity index (χ1v) is 7.15. The van der Waals surface area contributed by atoms with Crippen molar-refractivity contribution >= 4 is 0 Å². The number of hydrogen-bond donors (Lipinski definition) is 1. The Morgan fingerprint density at radius 1 is 1.20 bits per heavy atom. The van der Waals surface area contributed by atoms with E-state index in [1.807, 2.05) is 24.3 Å². The summed E-state index contributed by atoms with van der Waals surface area (Å²) in [6.45, 7) is 0.530. The third-order valence-electron chi connectivity index (χ3n) is 3.66. The molecule has 0 heterocycles. The average molecular weight is 274 g/mol. The van der Waals surface area contributed by atoms with E-state index in [1.165, 1.54) is 6.42 Å². The highest BCUT2D eigenvalue weighted by Gasteiger charge is 2.21. The van der Waals surface area contributed by atoms with E-state index in [9.17, 15) is 0 Å². The summed E-state index contributed by atoms with van der Waals surface area (Å²) in [7, 11) is 1.78. The van der Waals surface area contributed by atoms with Gasteiger partial charge in [-0.25, -0.2) is 0 Å². The minimum absolute atomic E-state index is 0.104.